The van der Waals surface area contributed by atoms with E-state index in [9.17, 15) is 8.78 Å². The molecule has 0 spiro atoms. The average molecular weight is 266 g/mol. The highest BCUT2D eigenvalue weighted by atomic mass is 19.1. The number of benzene rings is 1. The minimum absolute atomic E-state index is 0.150. The number of rotatable bonds is 4. The summed E-state index contributed by atoms with van der Waals surface area (Å²) < 4.78 is 26.8. The molecule has 0 radical (unpaired) electrons. The first kappa shape index (κ1) is 13.0. The zero-order chi connectivity index (χ0) is 13.2. The summed E-state index contributed by atoms with van der Waals surface area (Å²) in [4.78, 5) is 0. The smallest absolute Gasteiger partial charge is 0.126 e. The summed E-state index contributed by atoms with van der Waals surface area (Å²) in [5.41, 5.74) is 0.530. The van der Waals surface area contributed by atoms with Crippen LogP contribution in [-0.2, 0) is 0 Å². The standard InChI is InChI=1S/C15H20F2N2/c16-11-1-2-14(17)12(7-11)13-8-15(13)19-9-10-3-5-18-6-4-10/h1-2,7,10,13,15,18-19H,3-6,8-9H2/t13-,15+/m1/s1. The third-order valence-corrected chi connectivity index (χ3v) is 4.28. The van der Waals surface area contributed by atoms with Crippen LogP contribution in [0.4, 0.5) is 8.78 Å². The SMILES string of the molecule is Fc1ccc(F)c([C@H]2C[C@@H]2NCC2CCNCC2)c1. The summed E-state index contributed by atoms with van der Waals surface area (Å²) in [5.74, 6) is 0.246. The van der Waals surface area contributed by atoms with Crippen LogP contribution in [0.2, 0.25) is 0 Å². The van der Waals surface area contributed by atoms with Crippen LogP contribution in [0.3, 0.4) is 0 Å². The van der Waals surface area contributed by atoms with E-state index in [1.54, 1.807) is 0 Å². The Bertz CT molecular complexity index is 444. The quantitative estimate of drug-likeness (QED) is 0.874. The molecule has 0 unspecified atom stereocenters. The molecule has 2 N–H and O–H groups in total. The molecule has 1 heterocycles. The van der Waals surface area contributed by atoms with E-state index < -0.39 is 0 Å². The zero-order valence-corrected chi connectivity index (χ0v) is 11.0. The molecule has 3 rings (SSSR count). The van der Waals surface area contributed by atoms with Gasteiger partial charge in [-0.05, 0) is 68.6 Å². The highest BCUT2D eigenvalue weighted by Crippen LogP contribution is 2.42. The maximum absolute atomic E-state index is 13.6. The molecule has 1 aromatic rings. The Kier molecular flexibility index (Phi) is 3.80. The highest BCUT2D eigenvalue weighted by Gasteiger charge is 2.40. The minimum atomic E-state index is -0.347. The Morgan fingerprint density at radius 1 is 1.21 bits per heavy atom. The van der Waals surface area contributed by atoms with Gasteiger partial charge in [-0.15, -0.1) is 0 Å². The predicted molar refractivity (Wildman–Crippen MR) is 71.1 cm³/mol. The van der Waals surface area contributed by atoms with Crippen molar-refractivity contribution in [2.75, 3.05) is 19.6 Å². The fourth-order valence-corrected chi connectivity index (χ4v) is 2.97. The van der Waals surface area contributed by atoms with Gasteiger partial charge >= 0.3 is 0 Å². The van der Waals surface area contributed by atoms with Crippen molar-refractivity contribution in [3.63, 3.8) is 0 Å². The summed E-state index contributed by atoms with van der Waals surface area (Å²) in [6.07, 6.45) is 3.34. The van der Waals surface area contributed by atoms with Crippen LogP contribution in [0.1, 0.15) is 30.7 Å². The molecule has 2 atom stereocenters. The van der Waals surface area contributed by atoms with Crippen molar-refractivity contribution >= 4 is 0 Å². The maximum atomic E-state index is 13.6. The number of hydrogen-bond acceptors (Lipinski definition) is 2. The molecule has 1 aliphatic heterocycles. The van der Waals surface area contributed by atoms with E-state index in [2.05, 4.69) is 10.6 Å². The molecule has 2 fully saturated rings. The summed E-state index contributed by atoms with van der Waals surface area (Å²) in [5, 5.41) is 6.85. The number of nitrogens with one attached hydrogen (secondary N) is 2. The molecular weight excluding hydrogens is 246 g/mol. The van der Waals surface area contributed by atoms with Gasteiger partial charge in [0.15, 0.2) is 0 Å². The Balaban J connectivity index is 1.51. The van der Waals surface area contributed by atoms with Crippen LogP contribution in [0.5, 0.6) is 0 Å². The lowest BCUT2D eigenvalue weighted by Crippen LogP contribution is -2.34. The van der Waals surface area contributed by atoms with Gasteiger partial charge in [-0.2, -0.15) is 0 Å². The van der Waals surface area contributed by atoms with Gasteiger partial charge in [0.2, 0.25) is 0 Å². The molecule has 2 aliphatic rings. The van der Waals surface area contributed by atoms with Gasteiger partial charge in [-0.25, -0.2) is 8.78 Å². The first-order chi connectivity index (χ1) is 9.24. The Morgan fingerprint density at radius 2 is 2.00 bits per heavy atom. The van der Waals surface area contributed by atoms with Gasteiger partial charge in [0.1, 0.15) is 11.6 Å². The molecule has 19 heavy (non-hydrogen) atoms. The fourth-order valence-electron chi connectivity index (χ4n) is 2.97. The van der Waals surface area contributed by atoms with Crippen molar-refractivity contribution in [2.24, 2.45) is 5.92 Å². The molecule has 1 saturated heterocycles. The molecule has 104 valence electrons. The Labute approximate surface area is 112 Å². The average Bonchev–Trinajstić information content (AvgIpc) is 3.20. The summed E-state index contributed by atoms with van der Waals surface area (Å²) >= 11 is 0. The lowest BCUT2D eigenvalue weighted by atomic mass is 9.98. The zero-order valence-electron chi connectivity index (χ0n) is 11.0. The third kappa shape index (κ3) is 3.12. The second kappa shape index (κ2) is 5.55. The fraction of sp³-hybridized carbons (Fsp3) is 0.600. The van der Waals surface area contributed by atoms with Crippen molar-refractivity contribution in [2.45, 2.75) is 31.2 Å². The maximum Gasteiger partial charge on any atom is 0.126 e. The van der Waals surface area contributed by atoms with E-state index >= 15 is 0 Å². The summed E-state index contributed by atoms with van der Waals surface area (Å²) in [7, 11) is 0. The molecule has 0 bridgehead atoms. The van der Waals surface area contributed by atoms with Gasteiger partial charge < -0.3 is 10.6 Å². The first-order valence-electron chi connectivity index (χ1n) is 7.13. The van der Waals surface area contributed by atoms with E-state index in [0.29, 0.717) is 11.6 Å². The number of piperidine rings is 1. The minimum Gasteiger partial charge on any atom is -0.317 e. The molecule has 1 aromatic carbocycles. The monoisotopic (exact) mass is 266 g/mol. The van der Waals surface area contributed by atoms with Crippen LogP contribution >= 0.6 is 0 Å². The Hall–Kier alpha value is -1.00. The highest BCUT2D eigenvalue weighted by molar-refractivity contribution is 5.30. The second-order valence-corrected chi connectivity index (χ2v) is 5.72. The topological polar surface area (TPSA) is 24.1 Å². The van der Waals surface area contributed by atoms with E-state index in [4.69, 9.17) is 0 Å². The van der Waals surface area contributed by atoms with Crippen molar-refractivity contribution in [3.05, 3.63) is 35.4 Å². The van der Waals surface area contributed by atoms with Gasteiger partial charge in [0.05, 0.1) is 0 Å². The summed E-state index contributed by atoms with van der Waals surface area (Å²) in [6, 6.07) is 4.07. The van der Waals surface area contributed by atoms with Gasteiger partial charge in [0.25, 0.3) is 0 Å². The van der Waals surface area contributed by atoms with Crippen LogP contribution in [0.15, 0.2) is 18.2 Å². The van der Waals surface area contributed by atoms with Crippen LogP contribution in [0.25, 0.3) is 0 Å². The van der Waals surface area contributed by atoms with Crippen LogP contribution < -0.4 is 10.6 Å². The van der Waals surface area contributed by atoms with E-state index in [1.165, 1.54) is 31.0 Å². The second-order valence-electron chi connectivity index (χ2n) is 5.72. The van der Waals surface area contributed by atoms with Crippen molar-refractivity contribution in [3.8, 4) is 0 Å². The van der Waals surface area contributed by atoms with Crippen LogP contribution in [-0.4, -0.2) is 25.7 Å². The molecule has 1 saturated carbocycles. The molecule has 1 aliphatic carbocycles. The van der Waals surface area contributed by atoms with Gasteiger partial charge in [0, 0.05) is 12.0 Å². The van der Waals surface area contributed by atoms with E-state index in [1.807, 2.05) is 0 Å². The van der Waals surface area contributed by atoms with Crippen LogP contribution in [0, 0.1) is 17.6 Å². The largest absolute Gasteiger partial charge is 0.317 e. The molecule has 2 nitrogen and oxygen atoms in total. The predicted octanol–water partition coefficient (Wildman–Crippen LogP) is 2.41. The van der Waals surface area contributed by atoms with Crippen molar-refractivity contribution in [1.29, 1.82) is 0 Å². The number of halogens is 2. The molecule has 0 amide bonds. The third-order valence-electron chi connectivity index (χ3n) is 4.28. The molecule has 0 aromatic heterocycles. The Morgan fingerprint density at radius 3 is 2.79 bits per heavy atom. The van der Waals surface area contributed by atoms with E-state index in [-0.39, 0.29) is 17.6 Å². The lowest BCUT2D eigenvalue weighted by molar-refractivity contribution is 0.355. The lowest BCUT2D eigenvalue weighted by Gasteiger charge is -2.22. The normalized spacial score (nSPS) is 27.5. The molecule has 4 heteroatoms. The van der Waals surface area contributed by atoms with Gasteiger partial charge in [-0.1, -0.05) is 0 Å². The van der Waals surface area contributed by atoms with Gasteiger partial charge in [-0.3, -0.25) is 0 Å². The first-order valence-corrected chi connectivity index (χ1v) is 7.13. The summed E-state index contributed by atoms with van der Waals surface area (Å²) in [6.45, 7) is 3.19. The van der Waals surface area contributed by atoms with E-state index in [0.717, 1.165) is 32.0 Å². The number of hydrogen-bond donors (Lipinski definition) is 2. The molecular formula is C15H20F2N2. The van der Waals surface area contributed by atoms with Crippen molar-refractivity contribution in [1.82, 2.24) is 10.6 Å². The van der Waals surface area contributed by atoms with Crippen molar-refractivity contribution < 1.29 is 8.78 Å².